The number of anilines is 1. The maximum Gasteiger partial charge on any atom is 0.260 e. The molecule has 3 heterocycles. The molecule has 1 aromatic carbocycles. The molecule has 3 aromatic rings. The van der Waals surface area contributed by atoms with Crippen molar-refractivity contribution in [2.75, 3.05) is 31.1 Å². The van der Waals surface area contributed by atoms with E-state index in [4.69, 9.17) is 4.52 Å². The van der Waals surface area contributed by atoms with Crippen LogP contribution in [0.1, 0.15) is 51.7 Å². The Kier molecular flexibility index (Phi) is 4.11. The Labute approximate surface area is 191 Å². The standard InChI is InChI=1S/C24H28N6O3/c1-22(2,3)18-27-19(33-28-18)23-12-24(13-23,14-23)20(32)29-8-10-30(11-9-29)21-25-16-7-5-4-6-15(16)17(31)26-21/h4-7H,8-14H2,1-3H3,(H,25,26,31). The van der Waals surface area contributed by atoms with Gasteiger partial charge in [-0.3, -0.25) is 14.6 Å². The van der Waals surface area contributed by atoms with E-state index in [0.717, 1.165) is 25.1 Å². The monoisotopic (exact) mass is 448 g/mol. The summed E-state index contributed by atoms with van der Waals surface area (Å²) in [5.41, 5.74) is 0.0209. The zero-order valence-corrected chi connectivity index (χ0v) is 19.2. The average molecular weight is 449 g/mol. The molecule has 1 N–H and O–H groups in total. The second-order valence-corrected chi connectivity index (χ2v) is 11.0. The van der Waals surface area contributed by atoms with Crippen LogP contribution in [0.2, 0.25) is 0 Å². The van der Waals surface area contributed by atoms with E-state index in [9.17, 15) is 9.59 Å². The molecule has 1 aliphatic heterocycles. The first-order chi connectivity index (χ1) is 15.7. The van der Waals surface area contributed by atoms with Crippen LogP contribution in [-0.2, 0) is 15.6 Å². The van der Waals surface area contributed by atoms with Crippen LogP contribution in [0.3, 0.4) is 0 Å². The molecule has 172 valence electrons. The fourth-order valence-corrected chi connectivity index (χ4v) is 5.67. The highest BCUT2D eigenvalue weighted by Crippen LogP contribution is 2.73. The van der Waals surface area contributed by atoms with E-state index in [-0.39, 0.29) is 27.7 Å². The molecule has 0 radical (unpaired) electrons. The van der Waals surface area contributed by atoms with E-state index in [2.05, 4.69) is 40.9 Å². The van der Waals surface area contributed by atoms with Crippen molar-refractivity contribution in [3.05, 3.63) is 46.3 Å². The lowest BCUT2D eigenvalue weighted by Crippen LogP contribution is -2.71. The lowest BCUT2D eigenvalue weighted by molar-refractivity contribution is -0.192. The smallest absolute Gasteiger partial charge is 0.260 e. The molecule has 2 bridgehead atoms. The predicted octanol–water partition coefficient (Wildman–Crippen LogP) is 2.37. The minimum absolute atomic E-state index is 0.109. The van der Waals surface area contributed by atoms with E-state index in [1.165, 1.54) is 0 Å². The van der Waals surface area contributed by atoms with Crippen LogP contribution in [0, 0.1) is 5.41 Å². The van der Waals surface area contributed by atoms with Gasteiger partial charge in [-0.2, -0.15) is 4.98 Å². The van der Waals surface area contributed by atoms with Gasteiger partial charge in [0, 0.05) is 31.6 Å². The number of hydrogen-bond donors (Lipinski definition) is 1. The molecule has 0 spiro atoms. The van der Waals surface area contributed by atoms with Gasteiger partial charge >= 0.3 is 0 Å². The van der Waals surface area contributed by atoms with Crippen molar-refractivity contribution in [3.63, 3.8) is 0 Å². The summed E-state index contributed by atoms with van der Waals surface area (Å²) in [4.78, 5) is 41.9. The number of rotatable bonds is 3. The maximum atomic E-state index is 13.3. The summed E-state index contributed by atoms with van der Waals surface area (Å²) in [6.07, 6.45) is 2.39. The molecule has 4 fully saturated rings. The number of nitrogens with one attached hydrogen (secondary N) is 1. The first kappa shape index (κ1) is 20.4. The summed E-state index contributed by atoms with van der Waals surface area (Å²) in [5.74, 6) is 2.22. The van der Waals surface area contributed by atoms with Gasteiger partial charge in [0.2, 0.25) is 17.7 Å². The molecule has 9 heteroatoms. The number of H-pyrrole nitrogens is 1. The molecule has 2 aromatic heterocycles. The van der Waals surface area contributed by atoms with Crippen LogP contribution in [0.25, 0.3) is 10.9 Å². The highest BCUT2D eigenvalue weighted by atomic mass is 16.5. The van der Waals surface area contributed by atoms with Crippen molar-refractivity contribution in [1.82, 2.24) is 25.0 Å². The van der Waals surface area contributed by atoms with Gasteiger partial charge in [0.15, 0.2) is 5.82 Å². The first-order valence-corrected chi connectivity index (χ1v) is 11.6. The summed E-state index contributed by atoms with van der Waals surface area (Å²) in [6, 6.07) is 7.33. The summed E-state index contributed by atoms with van der Waals surface area (Å²) in [7, 11) is 0. The van der Waals surface area contributed by atoms with Gasteiger partial charge in [-0.25, -0.2) is 4.98 Å². The van der Waals surface area contributed by atoms with Gasteiger partial charge < -0.3 is 14.3 Å². The normalized spacial score (nSPS) is 26.8. The topological polar surface area (TPSA) is 108 Å². The third-order valence-corrected chi connectivity index (χ3v) is 7.50. The van der Waals surface area contributed by atoms with Crippen molar-refractivity contribution in [2.24, 2.45) is 5.41 Å². The van der Waals surface area contributed by atoms with Crippen molar-refractivity contribution < 1.29 is 9.32 Å². The van der Waals surface area contributed by atoms with Crippen molar-refractivity contribution in [1.29, 1.82) is 0 Å². The van der Waals surface area contributed by atoms with Gasteiger partial charge in [-0.15, -0.1) is 0 Å². The lowest BCUT2D eigenvalue weighted by Gasteiger charge is -2.68. The Morgan fingerprint density at radius 1 is 1.06 bits per heavy atom. The SMILES string of the molecule is CC(C)(C)c1noc(C23CC(C(=O)N4CCN(c5nc6ccccc6c(=O)[nH]5)CC4)(C2)C3)n1. The number of benzene rings is 1. The summed E-state index contributed by atoms with van der Waals surface area (Å²) in [6.45, 7) is 8.74. The predicted molar refractivity (Wildman–Crippen MR) is 122 cm³/mol. The van der Waals surface area contributed by atoms with Crippen LogP contribution in [-0.4, -0.2) is 57.1 Å². The highest BCUT2D eigenvalue weighted by molar-refractivity contribution is 5.87. The fourth-order valence-electron chi connectivity index (χ4n) is 5.67. The summed E-state index contributed by atoms with van der Waals surface area (Å²) in [5, 5.41) is 4.75. The minimum Gasteiger partial charge on any atom is -0.339 e. The molecule has 3 saturated carbocycles. The molecule has 9 nitrogen and oxygen atoms in total. The van der Waals surface area contributed by atoms with Crippen LogP contribution in [0.15, 0.2) is 33.6 Å². The van der Waals surface area contributed by atoms with Gasteiger partial charge in [-0.1, -0.05) is 38.1 Å². The molecule has 1 saturated heterocycles. The van der Waals surface area contributed by atoms with Gasteiger partial charge in [0.25, 0.3) is 5.56 Å². The number of carbonyl (C=O) groups is 1. The van der Waals surface area contributed by atoms with Crippen molar-refractivity contribution >= 4 is 22.8 Å². The van der Waals surface area contributed by atoms with E-state index < -0.39 is 0 Å². The minimum atomic E-state index is -0.270. The number of amides is 1. The molecule has 4 aliphatic rings. The third kappa shape index (κ3) is 3.01. The lowest BCUT2D eigenvalue weighted by atomic mass is 9.34. The third-order valence-electron chi connectivity index (χ3n) is 7.50. The van der Waals surface area contributed by atoms with Crippen LogP contribution in [0.4, 0.5) is 5.95 Å². The van der Waals surface area contributed by atoms with E-state index >= 15 is 0 Å². The zero-order chi connectivity index (χ0) is 23.0. The Morgan fingerprint density at radius 3 is 2.42 bits per heavy atom. The average Bonchev–Trinajstić information content (AvgIpc) is 3.22. The van der Waals surface area contributed by atoms with Gasteiger partial charge in [0.1, 0.15) is 0 Å². The van der Waals surface area contributed by atoms with Crippen LogP contribution >= 0.6 is 0 Å². The number of piperazine rings is 1. The molecular formula is C24H28N6O3. The largest absolute Gasteiger partial charge is 0.339 e. The van der Waals surface area contributed by atoms with E-state index in [0.29, 0.717) is 48.9 Å². The number of hydrogen-bond acceptors (Lipinski definition) is 7. The molecule has 0 unspecified atom stereocenters. The number of aromatic amines is 1. The molecule has 33 heavy (non-hydrogen) atoms. The number of aromatic nitrogens is 4. The second kappa shape index (κ2) is 6.65. The van der Waals surface area contributed by atoms with Gasteiger partial charge in [0.05, 0.1) is 21.7 Å². The molecular weight excluding hydrogens is 420 g/mol. The van der Waals surface area contributed by atoms with Crippen molar-refractivity contribution in [3.8, 4) is 0 Å². The quantitative estimate of drug-likeness (QED) is 0.655. The summed E-state index contributed by atoms with van der Waals surface area (Å²) < 4.78 is 5.58. The Hall–Kier alpha value is -3.23. The highest BCUT2D eigenvalue weighted by Gasteiger charge is 2.75. The van der Waals surface area contributed by atoms with E-state index in [1.807, 2.05) is 28.0 Å². The van der Waals surface area contributed by atoms with E-state index in [1.54, 1.807) is 6.07 Å². The molecule has 3 aliphatic carbocycles. The fraction of sp³-hybridized carbons (Fsp3) is 0.542. The number of nitrogens with zero attached hydrogens (tertiary/aromatic N) is 5. The Morgan fingerprint density at radius 2 is 1.76 bits per heavy atom. The van der Waals surface area contributed by atoms with Crippen molar-refractivity contribution in [2.45, 2.75) is 50.9 Å². The Bertz CT molecular complexity index is 1290. The zero-order valence-electron chi connectivity index (χ0n) is 19.2. The number of carbonyl (C=O) groups excluding carboxylic acids is 1. The number of fused-ring (bicyclic) bond motifs is 1. The second-order valence-electron chi connectivity index (χ2n) is 11.0. The maximum absolute atomic E-state index is 13.3. The first-order valence-electron chi connectivity index (χ1n) is 11.6. The summed E-state index contributed by atoms with van der Waals surface area (Å²) >= 11 is 0. The number of para-hydroxylation sites is 1. The molecule has 0 atom stereocenters. The van der Waals surface area contributed by atoms with Crippen LogP contribution in [0.5, 0.6) is 0 Å². The molecule has 1 amide bonds. The Balaban J connectivity index is 1.10. The van der Waals surface area contributed by atoms with Gasteiger partial charge in [-0.05, 0) is 31.4 Å². The van der Waals surface area contributed by atoms with Crippen LogP contribution < -0.4 is 10.5 Å². The molecule has 7 rings (SSSR count).